The lowest BCUT2D eigenvalue weighted by molar-refractivity contribution is 0.0531. The normalized spacial score (nSPS) is 12.8. The molecule has 2 N–H and O–H groups in total. The second kappa shape index (κ2) is 8.75. The first kappa shape index (κ1) is 19.8. The topological polar surface area (TPSA) is 106 Å². The number of carbonyl (C=O) groups is 1. The van der Waals surface area contributed by atoms with Crippen LogP contribution >= 0.6 is 11.3 Å². The van der Waals surface area contributed by atoms with Gasteiger partial charge in [0.25, 0.3) is 0 Å². The van der Waals surface area contributed by atoms with Crippen LogP contribution in [0.15, 0.2) is 4.99 Å². The van der Waals surface area contributed by atoms with Gasteiger partial charge in [-0.2, -0.15) is 0 Å². The SMILES string of the molecule is CCOC(=O)c1sc(C(C)NC(=NC)NCc2nnc(C)n2C)nc1C. The number of aliphatic imine (C=N–C) groups is 1. The molecule has 0 aromatic carbocycles. The van der Waals surface area contributed by atoms with Crippen molar-refractivity contribution in [1.29, 1.82) is 0 Å². The Morgan fingerprint density at radius 1 is 1.38 bits per heavy atom. The number of aromatic nitrogens is 4. The molecule has 2 heterocycles. The summed E-state index contributed by atoms with van der Waals surface area (Å²) in [7, 11) is 3.61. The third-order valence-electron chi connectivity index (χ3n) is 3.82. The third-order valence-corrected chi connectivity index (χ3v) is 5.14. The van der Waals surface area contributed by atoms with E-state index in [1.54, 1.807) is 14.0 Å². The number of ether oxygens (including phenoxy) is 1. The van der Waals surface area contributed by atoms with E-state index in [0.717, 1.165) is 16.7 Å². The van der Waals surface area contributed by atoms with Crippen molar-refractivity contribution in [2.75, 3.05) is 13.7 Å². The molecule has 0 fully saturated rings. The largest absolute Gasteiger partial charge is 0.462 e. The van der Waals surface area contributed by atoms with Gasteiger partial charge in [0.15, 0.2) is 11.8 Å². The predicted molar refractivity (Wildman–Crippen MR) is 100 cm³/mol. The maximum Gasteiger partial charge on any atom is 0.350 e. The maximum atomic E-state index is 11.9. The molecule has 142 valence electrons. The highest BCUT2D eigenvalue weighted by Gasteiger charge is 2.20. The lowest BCUT2D eigenvalue weighted by atomic mass is 10.3. The molecule has 0 saturated heterocycles. The van der Waals surface area contributed by atoms with Crippen LogP contribution in [-0.4, -0.2) is 45.3 Å². The van der Waals surface area contributed by atoms with Gasteiger partial charge in [-0.05, 0) is 27.7 Å². The highest BCUT2D eigenvalue weighted by atomic mass is 32.1. The summed E-state index contributed by atoms with van der Waals surface area (Å²) < 4.78 is 6.98. The van der Waals surface area contributed by atoms with Crippen molar-refractivity contribution in [1.82, 2.24) is 30.4 Å². The average molecular weight is 379 g/mol. The number of hydrogen-bond donors (Lipinski definition) is 2. The second-order valence-corrected chi connectivity index (χ2v) is 6.73. The molecule has 0 spiro atoms. The molecule has 0 amide bonds. The Kier molecular flexibility index (Phi) is 6.67. The van der Waals surface area contributed by atoms with E-state index >= 15 is 0 Å². The van der Waals surface area contributed by atoms with Gasteiger partial charge >= 0.3 is 5.97 Å². The van der Waals surface area contributed by atoms with Crippen LogP contribution in [0.5, 0.6) is 0 Å². The number of hydrogen-bond acceptors (Lipinski definition) is 7. The molecule has 2 aromatic rings. The smallest absolute Gasteiger partial charge is 0.350 e. The molecule has 0 aliphatic rings. The van der Waals surface area contributed by atoms with Crippen LogP contribution in [0.4, 0.5) is 0 Å². The molecule has 10 heteroatoms. The van der Waals surface area contributed by atoms with Gasteiger partial charge in [-0.25, -0.2) is 9.78 Å². The Hall–Kier alpha value is -2.49. The van der Waals surface area contributed by atoms with E-state index in [1.807, 2.05) is 32.4 Å². The van der Waals surface area contributed by atoms with E-state index in [2.05, 4.69) is 30.8 Å². The summed E-state index contributed by atoms with van der Waals surface area (Å²) in [5, 5.41) is 15.4. The van der Waals surface area contributed by atoms with Gasteiger partial charge in [-0.15, -0.1) is 21.5 Å². The Bertz CT molecular complexity index is 797. The maximum absolute atomic E-state index is 11.9. The van der Waals surface area contributed by atoms with Crippen LogP contribution in [-0.2, 0) is 18.3 Å². The van der Waals surface area contributed by atoms with Gasteiger partial charge in [0.05, 0.1) is 24.9 Å². The first-order chi connectivity index (χ1) is 12.4. The van der Waals surface area contributed by atoms with Crippen LogP contribution in [0.2, 0.25) is 0 Å². The van der Waals surface area contributed by atoms with Crippen LogP contribution < -0.4 is 10.6 Å². The van der Waals surface area contributed by atoms with E-state index < -0.39 is 0 Å². The fourth-order valence-electron chi connectivity index (χ4n) is 2.22. The number of carbonyl (C=O) groups excluding carboxylic acids is 1. The van der Waals surface area contributed by atoms with Crippen molar-refractivity contribution < 1.29 is 9.53 Å². The monoisotopic (exact) mass is 379 g/mol. The zero-order chi connectivity index (χ0) is 19.3. The molecule has 0 aliphatic heterocycles. The van der Waals surface area contributed by atoms with E-state index in [1.165, 1.54) is 11.3 Å². The summed E-state index contributed by atoms with van der Waals surface area (Å²) >= 11 is 1.33. The fraction of sp³-hybridized carbons (Fsp3) is 0.562. The first-order valence-electron chi connectivity index (χ1n) is 8.33. The molecule has 26 heavy (non-hydrogen) atoms. The summed E-state index contributed by atoms with van der Waals surface area (Å²) in [6, 6.07) is -0.116. The first-order valence-corrected chi connectivity index (χ1v) is 9.15. The molecule has 0 radical (unpaired) electrons. The standard InChI is InChI=1S/C16H25N7O2S/c1-7-25-15(24)13-9(2)19-14(26-13)10(3)20-16(17-5)18-8-12-22-21-11(4)23(12)6/h10H,7-8H2,1-6H3,(H2,17,18,20). The quantitative estimate of drug-likeness (QED) is 0.445. The summed E-state index contributed by atoms with van der Waals surface area (Å²) in [4.78, 5) is 21.2. The van der Waals surface area contributed by atoms with E-state index in [-0.39, 0.29) is 12.0 Å². The lowest BCUT2D eigenvalue weighted by Gasteiger charge is -2.16. The molecule has 0 aliphatic carbocycles. The van der Waals surface area contributed by atoms with E-state index in [9.17, 15) is 4.79 Å². The molecule has 1 unspecified atom stereocenters. The fourth-order valence-corrected chi connectivity index (χ4v) is 3.18. The van der Waals surface area contributed by atoms with Gasteiger partial charge in [-0.1, -0.05) is 0 Å². The Labute approximate surface area is 156 Å². The van der Waals surface area contributed by atoms with Crippen molar-refractivity contribution in [3.8, 4) is 0 Å². The second-order valence-electron chi connectivity index (χ2n) is 5.70. The number of thiazole rings is 1. The zero-order valence-electron chi connectivity index (χ0n) is 16.0. The molecule has 9 nitrogen and oxygen atoms in total. The number of aryl methyl sites for hydroxylation is 2. The van der Waals surface area contributed by atoms with Crippen LogP contribution in [0.25, 0.3) is 0 Å². The van der Waals surface area contributed by atoms with Crippen LogP contribution in [0, 0.1) is 13.8 Å². The molecule has 0 bridgehead atoms. The van der Waals surface area contributed by atoms with Gasteiger partial charge in [0.2, 0.25) is 0 Å². The number of nitrogens with one attached hydrogen (secondary N) is 2. The molecule has 2 aromatic heterocycles. The number of esters is 1. The van der Waals surface area contributed by atoms with Crippen molar-refractivity contribution in [3.63, 3.8) is 0 Å². The average Bonchev–Trinajstić information content (AvgIpc) is 3.15. The summed E-state index contributed by atoms with van der Waals surface area (Å²) in [5.41, 5.74) is 0.676. The highest BCUT2D eigenvalue weighted by molar-refractivity contribution is 7.13. The molecule has 2 rings (SSSR count). The zero-order valence-corrected chi connectivity index (χ0v) is 16.8. The number of nitrogens with zero attached hydrogens (tertiary/aromatic N) is 5. The minimum atomic E-state index is -0.332. The minimum absolute atomic E-state index is 0.116. The summed E-state index contributed by atoms with van der Waals surface area (Å²) in [6.45, 7) is 8.30. The number of rotatable bonds is 6. The van der Waals surface area contributed by atoms with Crippen LogP contribution in [0.1, 0.15) is 51.9 Å². The number of guanidine groups is 1. The van der Waals surface area contributed by atoms with Crippen molar-refractivity contribution in [2.24, 2.45) is 12.0 Å². The molecular weight excluding hydrogens is 354 g/mol. The van der Waals surface area contributed by atoms with Crippen LogP contribution in [0.3, 0.4) is 0 Å². The van der Waals surface area contributed by atoms with Gasteiger partial charge in [-0.3, -0.25) is 4.99 Å². The molecule has 0 saturated carbocycles. The Morgan fingerprint density at radius 3 is 2.69 bits per heavy atom. The van der Waals surface area contributed by atoms with Crippen molar-refractivity contribution >= 4 is 23.3 Å². The Morgan fingerprint density at radius 2 is 2.12 bits per heavy atom. The van der Waals surface area contributed by atoms with Gasteiger partial charge < -0.3 is 19.9 Å². The van der Waals surface area contributed by atoms with Gasteiger partial charge in [0.1, 0.15) is 15.7 Å². The third kappa shape index (κ3) is 4.57. The highest BCUT2D eigenvalue weighted by Crippen LogP contribution is 2.24. The Balaban J connectivity index is 2.00. The van der Waals surface area contributed by atoms with Crippen molar-refractivity contribution in [2.45, 2.75) is 40.3 Å². The van der Waals surface area contributed by atoms with Crippen molar-refractivity contribution in [3.05, 3.63) is 27.2 Å². The minimum Gasteiger partial charge on any atom is -0.462 e. The summed E-state index contributed by atoms with van der Waals surface area (Å²) in [6.07, 6.45) is 0. The van der Waals surface area contributed by atoms with E-state index in [0.29, 0.717) is 29.7 Å². The summed E-state index contributed by atoms with van der Waals surface area (Å²) in [5.74, 6) is 1.94. The lowest BCUT2D eigenvalue weighted by Crippen LogP contribution is -2.38. The molecule has 1 atom stereocenters. The van der Waals surface area contributed by atoms with Gasteiger partial charge in [0, 0.05) is 14.1 Å². The molecular formula is C16H25N7O2S. The van der Waals surface area contributed by atoms with E-state index in [4.69, 9.17) is 4.74 Å². The predicted octanol–water partition coefficient (Wildman–Crippen LogP) is 1.49.